The first-order valence-electron chi connectivity index (χ1n) is 9.82. The van der Waals surface area contributed by atoms with Crippen molar-refractivity contribution in [3.63, 3.8) is 0 Å². The SMILES string of the molecule is COc1ccc([C@H](O)CN2CCC3(C=Cc4cc(Cl)ccc4O3)CC2)c(OC)c1. The summed E-state index contributed by atoms with van der Waals surface area (Å²) in [6, 6.07) is 11.2. The molecule has 0 bridgehead atoms. The molecule has 0 saturated carbocycles. The second kappa shape index (κ2) is 8.27. The molecular weight excluding hydrogens is 390 g/mol. The van der Waals surface area contributed by atoms with Gasteiger partial charge in [-0.25, -0.2) is 0 Å². The molecule has 2 aromatic carbocycles. The van der Waals surface area contributed by atoms with Crippen molar-refractivity contribution >= 4 is 17.7 Å². The van der Waals surface area contributed by atoms with E-state index in [1.54, 1.807) is 20.3 Å². The van der Waals surface area contributed by atoms with Crippen molar-refractivity contribution in [2.24, 2.45) is 0 Å². The van der Waals surface area contributed by atoms with Crippen LogP contribution in [0.5, 0.6) is 17.2 Å². The second-order valence-corrected chi connectivity index (χ2v) is 8.04. The Kier molecular flexibility index (Phi) is 5.72. The number of β-amino-alcohol motifs (C(OH)–C–C–N with tert-alkyl or cyclic N) is 1. The van der Waals surface area contributed by atoms with Crippen molar-refractivity contribution in [3.8, 4) is 17.2 Å². The third-order valence-corrected chi connectivity index (χ3v) is 6.02. The van der Waals surface area contributed by atoms with Crippen LogP contribution in [0.4, 0.5) is 0 Å². The van der Waals surface area contributed by atoms with Crippen molar-refractivity contribution in [1.82, 2.24) is 4.90 Å². The number of likely N-dealkylation sites (tertiary alicyclic amines) is 1. The average molecular weight is 416 g/mol. The number of ether oxygens (including phenoxy) is 3. The molecule has 1 N–H and O–H groups in total. The van der Waals surface area contributed by atoms with E-state index in [9.17, 15) is 5.11 Å². The normalized spacial score (nSPS) is 18.8. The van der Waals surface area contributed by atoms with Gasteiger partial charge in [0.05, 0.1) is 20.3 Å². The van der Waals surface area contributed by atoms with Gasteiger partial charge in [-0.1, -0.05) is 17.7 Å². The highest BCUT2D eigenvalue weighted by Crippen LogP contribution is 2.38. The van der Waals surface area contributed by atoms with Gasteiger partial charge >= 0.3 is 0 Å². The minimum atomic E-state index is -0.629. The van der Waals surface area contributed by atoms with Gasteiger partial charge in [-0.3, -0.25) is 0 Å². The first-order chi connectivity index (χ1) is 14.0. The number of aliphatic hydroxyl groups is 1. The summed E-state index contributed by atoms with van der Waals surface area (Å²) in [7, 11) is 3.22. The van der Waals surface area contributed by atoms with E-state index < -0.39 is 6.10 Å². The van der Waals surface area contributed by atoms with E-state index in [2.05, 4.69) is 17.1 Å². The maximum Gasteiger partial charge on any atom is 0.130 e. The second-order valence-electron chi connectivity index (χ2n) is 7.61. The Morgan fingerprint density at radius 2 is 1.93 bits per heavy atom. The zero-order valence-corrected chi connectivity index (χ0v) is 17.5. The highest BCUT2D eigenvalue weighted by atomic mass is 35.5. The number of nitrogens with zero attached hydrogens (tertiary/aromatic N) is 1. The van der Waals surface area contributed by atoms with Crippen LogP contribution in [0.1, 0.15) is 30.1 Å². The lowest BCUT2D eigenvalue weighted by Crippen LogP contribution is -2.48. The Morgan fingerprint density at radius 1 is 1.14 bits per heavy atom. The van der Waals surface area contributed by atoms with Crippen molar-refractivity contribution in [2.75, 3.05) is 33.9 Å². The number of fused-ring (bicyclic) bond motifs is 1. The molecular formula is C23H26ClNO4. The number of aliphatic hydroxyl groups excluding tert-OH is 1. The minimum Gasteiger partial charge on any atom is -0.497 e. The van der Waals surface area contributed by atoms with Gasteiger partial charge in [0.1, 0.15) is 22.8 Å². The minimum absolute atomic E-state index is 0.278. The molecule has 154 valence electrons. The zero-order chi connectivity index (χ0) is 20.4. The number of piperidine rings is 1. The number of benzene rings is 2. The first kappa shape index (κ1) is 20.1. The van der Waals surface area contributed by atoms with Crippen LogP contribution in [0, 0.1) is 0 Å². The Hall–Kier alpha value is -2.21. The molecule has 1 spiro atoms. The average Bonchev–Trinajstić information content (AvgIpc) is 2.75. The van der Waals surface area contributed by atoms with Gasteiger partial charge in [-0.15, -0.1) is 0 Å². The number of halogens is 1. The van der Waals surface area contributed by atoms with E-state index in [4.69, 9.17) is 25.8 Å². The smallest absolute Gasteiger partial charge is 0.130 e. The van der Waals surface area contributed by atoms with Gasteiger partial charge in [-0.05, 0) is 36.4 Å². The number of hydrogen-bond acceptors (Lipinski definition) is 5. The Bertz CT molecular complexity index is 906. The maximum absolute atomic E-state index is 10.8. The molecule has 29 heavy (non-hydrogen) atoms. The third kappa shape index (κ3) is 4.22. The van der Waals surface area contributed by atoms with E-state index >= 15 is 0 Å². The predicted molar refractivity (Wildman–Crippen MR) is 114 cm³/mol. The van der Waals surface area contributed by atoms with Crippen LogP contribution in [-0.4, -0.2) is 49.5 Å². The van der Waals surface area contributed by atoms with Gasteiger partial charge < -0.3 is 24.2 Å². The summed E-state index contributed by atoms with van der Waals surface area (Å²) in [6.07, 6.45) is 5.38. The molecule has 0 radical (unpaired) electrons. The third-order valence-electron chi connectivity index (χ3n) is 5.78. The van der Waals surface area contributed by atoms with Crippen LogP contribution in [0.2, 0.25) is 5.02 Å². The van der Waals surface area contributed by atoms with Gasteiger partial charge in [0, 0.05) is 54.7 Å². The Morgan fingerprint density at radius 3 is 2.66 bits per heavy atom. The van der Waals surface area contributed by atoms with Crippen LogP contribution in [-0.2, 0) is 0 Å². The molecule has 2 aliphatic rings. The van der Waals surface area contributed by atoms with E-state index in [-0.39, 0.29) is 5.60 Å². The molecule has 1 atom stereocenters. The quantitative estimate of drug-likeness (QED) is 0.787. The monoisotopic (exact) mass is 415 g/mol. The topological polar surface area (TPSA) is 51.2 Å². The predicted octanol–water partition coefficient (Wildman–Crippen LogP) is 4.33. The lowest BCUT2D eigenvalue weighted by atomic mass is 9.88. The zero-order valence-electron chi connectivity index (χ0n) is 16.7. The molecule has 4 rings (SSSR count). The highest BCUT2D eigenvalue weighted by Gasteiger charge is 2.37. The molecule has 5 nitrogen and oxygen atoms in total. The fourth-order valence-electron chi connectivity index (χ4n) is 4.06. The largest absolute Gasteiger partial charge is 0.497 e. The summed E-state index contributed by atoms with van der Waals surface area (Å²) in [5.41, 5.74) is 1.51. The summed E-state index contributed by atoms with van der Waals surface area (Å²) in [5.74, 6) is 2.23. The van der Waals surface area contributed by atoms with Crippen molar-refractivity contribution < 1.29 is 19.3 Å². The molecule has 1 saturated heterocycles. The van der Waals surface area contributed by atoms with Crippen molar-refractivity contribution in [2.45, 2.75) is 24.5 Å². The van der Waals surface area contributed by atoms with Gasteiger partial charge in [0.25, 0.3) is 0 Å². The van der Waals surface area contributed by atoms with E-state index in [1.165, 1.54) is 0 Å². The van der Waals surface area contributed by atoms with Crippen molar-refractivity contribution in [3.05, 3.63) is 58.6 Å². The highest BCUT2D eigenvalue weighted by molar-refractivity contribution is 6.30. The van der Waals surface area contributed by atoms with Crippen LogP contribution < -0.4 is 14.2 Å². The number of methoxy groups -OCH3 is 2. The van der Waals surface area contributed by atoms with Crippen LogP contribution in [0.25, 0.3) is 6.08 Å². The van der Waals surface area contributed by atoms with Crippen LogP contribution in [0.3, 0.4) is 0 Å². The molecule has 1 fully saturated rings. The van der Waals surface area contributed by atoms with E-state index in [0.29, 0.717) is 23.1 Å². The van der Waals surface area contributed by atoms with E-state index in [0.717, 1.165) is 42.8 Å². The fourth-order valence-corrected chi connectivity index (χ4v) is 4.24. The first-order valence-corrected chi connectivity index (χ1v) is 10.2. The summed E-state index contributed by atoms with van der Waals surface area (Å²) in [5, 5.41) is 11.5. The Labute approximate surface area is 176 Å². The van der Waals surface area contributed by atoms with Gasteiger partial charge in [0.15, 0.2) is 0 Å². The molecule has 2 heterocycles. The lowest BCUT2D eigenvalue weighted by Gasteiger charge is -2.42. The molecule has 0 aliphatic carbocycles. The summed E-state index contributed by atoms with van der Waals surface area (Å²) < 4.78 is 17.0. The molecule has 2 aliphatic heterocycles. The summed E-state index contributed by atoms with van der Waals surface area (Å²) in [6.45, 7) is 2.25. The fraction of sp³-hybridized carbons (Fsp3) is 0.391. The summed E-state index contributed by atoms with van der Waals surface area (Å²) in [4.78, 5) is 2.27. The van der Waals surface area contributed by atoms with Crippen LogP contribution >= 0.6 is 11.6 Å². The molecule has 0 unspecified atom stereocenters. The molecule has 0 amide bonds. The van der Waals surface area contributed by atoms with Crippen molar-refractivity contribution in [1.29, 1.82) is 0 Å². The molecule has 2 aromatic rings. The molecule has 6 heteroatoms. The van der Waals surface area contributed by atoms with E-state index in [1.807, 2.05) is 30.3 Å². The number of rotatable bonds is 5. The maximum atomic E-state index is 10.8. The van der Waals surface area contributed by atoms with Gasteiger partial charge in [-0.2, -0.15) is 0 Å². The van der Waals surface area contributed by atoms with Gasteiger partial charge in [0.2, 0.25) is 0 Å². The summed E-state index contributed by atoms with van der Waals surface area (Å²) >= 11 is 6.07. The lowest BCUT2D eigenvalue weighted by molar-refractivity contribution is 0.0197. The number of hydrogen-bond donors (Lipinski definition) is 1. The van der Waals surface area contributed by atoms with Crippen LogP contribution in [0.15, 0.2) is 42.5 Å². The standard InChI is InChI=1S/C23H26ClNO4/c1-27-18-4-5-19(22(14-18)28-2)20(26)15-25-11-9-23(10-12-25)8-7-16-13-17(24)3-6-21(16)29-23/h3-8,13-14,20,26H,9-12,15H2,1-2H3/t20-/m1/s1. The molecule has 0 aromatic heterocycles. The Balaban J connectivity index is 1.39.